The van der Waals surface area contributed by atoms with Crippen molar-refractivity contribution in [1.82, 2.24) is 5.32 Å². The number of carbonyl (C=O) groups is 3. The monoisotopic (exact) mass is 398 g/mol. The summed E-state index contributed by atoms with van der Waals surface area (Å²) in [7, 11) is 1.46. The third kappa shape index (κ3) is 6.34. The van der Waals surface area contributed by atoms with Crippen LogP contribution in [0.3, 0.4) is 0 Å². The summed E-state index contributed by atoms with van der Waals surface area (Å²) in [5.74, 6) is -0.847. The molecule has 0 spiro atoms. The van der Waals surface area contributed by atoms with E-state index in [-0.39, 0.29) is 6.54 Å². The summed E-state index contributed by atoms with van der Waals surface area (Å²) in [6.45, 7) is 5.28. The summed E-state index contributed by atoms with van der Waals surface area (Å²) < 4.78 is 10.2. The van der Waals surface area contributed by atoms with Gasteiger partial charge in [-0.3, -0.25) is 14.4 Å². The number of esters is 1. The van der Waals surface area contributed by atoms with E-state index in [1.165, 1.54) is 14.0 Å². The highest BCUT2D eigenvalue weighted by atomic mass is 16.5. The van der Waals surface area contributed by atoms with Crippen LogP contribution in [0.4, 0.5) is 5.69 Å². The lowest BCUT2D eigenvalue weighted by molar-refractivity contribution is -0.152. The van der Waals surface area contributed by atoms with E-state index in [0.717, 1.165) is 5.56 Å². The van der Waals surface area contributed by atoms with Gasteiger partial charge in [-0.15, -0.1) is 0 Å². The number of ether oxygens (including phenoxy) is 2. The average molecular weight is 398 g/mol. The quantitative estimate of drug-likeness (QED) is 0.667. The number of hydrogen-bond acceptors (Lipinski definition) is 5. The van der Waals surface area contributed by atoms with Crippen LogP contribution in [0.2, 0.25) is 0 Å². The fourth-order valence-electron chi connectivity index (χ4n) is 2.57. The summed E-state index contributed by atoms with van der Waals surface area (Å²) in [4.78, 5) is 36.4. The molecule has 7 heteroatoms. The molecule has 0 fully saturated rings. The summed E-state index contributed by atoms with van der Waals surface area (Å²) in [5.41, 5.74) is 2.08. The van der Waals surface area contributed by atoms with Gasteiger partial charge in [0.05, 0.1) is 12.7 Å². The van der Waals surface area contributed by atoms with Crippen molar-refractivity contribution >= 4 is 23.5 Å². The van der Waals surface area contributed by atoms with E-state index in [9.17, 15) is 14.4 Å². The number of para-hydroxylation sites is 1. The molecular weight excluding hydrogens is 372 g/mol. The normalized spacial score (nSPS) is 11.5. The van der Waals surface area contributed by atoms with Gasteiger partial charge in [-0.05, 0) is 42.7 Å². The lowest BCUT2D eigenvalue weighted by Gasteiger charge is -2.15. The molecule has 0 unspecified atom stereocenters. The molecule has 0 bridgehead atoms. The predicted octanol–water partition coefficient (Wildman–Crippen LogP) is 3.12. The molecule has 1 atom stereocenters. The van der Waals surface area contributed by atoms with Crippen LogP contribution in [0.15, 0.2) is 48.5 Å². The second-order valence-corrected chi connectivity index (χ2v) is 6.78. The number of hydrogen-bond donors (Lipinski definition) is 2. The van der Waals surface area contributed by atoms with Gasteiger partial charge in [-0.2, -0.15) is 0 Å². The van der Waals surface area contributed by atoms with Gasteiger partial charge in [0.25, 0.3) is 11.8 Å². The Morgan fingerprint density at radius 1 is 0.966 bits per heavy atom. The first kappa shape index (κ1) is 21.9. The Hall–Kier alpha value is -3.35. The smallest absolute Gasteiger partial charge is 0.326 e. The minimum atomic E-state index is -1.00. The first-order valence-electron chi connectivity index (χ1n) is 9.33. The highest BCUT2D eigenvalue weighted by Crippen LogP contribution is 2.18. The zero-order valence-corrected chi connectivity index (χ0v) is 17.0. The fraction of sp³-hybridized carbons (Fsp3) is 0.318. The van der Waals surface area contributed by atoms with Gasteiger partial charge in [0, 0.05) is 5.69 Å². The lowest BCUT2D eigenvalue weighted by Crippen LogP contribution is -2.36. The molecule has 29 heavy (non-hydrogen) atoms. The summed E-state index contributed by atoms with van der Waals surface area (Å²) in [6.07, 6.45) is -1.00. The van der Waals surface area contributed by atoms with E-state index in [1.54, 1.807) is 36.4 Å². The number of rotatable bonds is 8. The minimum absolute atomic E-state index is 0.304. The molecule has 2 N–H and O–H groups in total. The largest absolute Gasteiger partial charge is 0.496 e. The number of carbonyl (C=O) groups excluding carboxylic acids is 3. The maximum atomic E-state index is 12.2. The summed E-state index contributed by atoms with van der Waals surface area (Å²) in [6, 6.07) is 14.1. The van der Waals surface area contributed by atoms with Crippen molar-refractivity contribution < 1.29 is 23.9 Å². The van der Waals surface area contributed by atoms with Gasteiger partial charge in [-0.1, -0.05) is 38.1 Å². The molecule has 0 aromatic heterocycles. The Balaban J connectivity index is 1.83. The Labute approximate surface area is 170 Å². The Kier molecular flexibility index (Phi) is 7.77. The van der Waals surface area contributed by atoms with E-state index in [0.29, 0.717) is 22.9 Å². The Morgan fingerprint density at radius 3 is 2.24 bits per heavy atom. The van der Waals surface area contributed by atoms with Crippen molar-refractivity contribution in [2.24, 2.45) is 0 Å². The predicted molar refractivity (Wildman–Crippen MR) is 110 cm³/mol. The second kappa shape index (κ2) is 10.3. The average Bonchev–Trinajstić information content (AvgIpc) is 2.72. The summed E-state index contributed by atoms with van der Waals surface area (Å²) >= 11 is 0. The highest BCUT2D eigenvalue weighted by molar-refractivity contribution is 5.99. The molecule has 2 aromatic carbocycles. The molecule has 0 aliphatic carbocycles. The SMILES string of the molecule is COc1ccccc1C(=O)NCC(=O)O[C@H](C)C(=O)Nc1ccc(C(C)C)cc1. The molecule has 0 saturated heterocycles. The maximum absolute atomic E-state index is 12.2. The summed E-state index contributed by atoms with van der Waals surface area (Å²) in [5, 5.41) is 5.16. The van der Waals surface area contributed by atoms with Crippen LogP contribution in [-0.4, -0.2) is 37.5 Å². The van der Waals surface area contributed by atoms with Crippen molar-refractivity contribution in [2.45, 2.75) is 32.8 Å². The van der Waals surface area contributed by atoms with Crippen LogP contribution in [-0.2, 0) is 14.3 Å². The Morgan fingerprint density at radius 2 is 1.62 bits per heavy atom. The van der Waals surface area contributed by atoms with Gasteiger partial charge in [0.2, 0.25) is 0 Å². The van der Waals surface area contributed by atoms with Crippen LogP contribution in [0.1, 0.15) is 42.6 Å². The van der Waals surface area contributed by atoms with Crippen LogP contribution < -0.4 is 15.4 Å². The van der Waals surface area contributed by atoms with E-state index < -0.39 is 23.9 Å². The minimum Gasteiger partial charge on any atom is -0.496 e. The second-order valence-electron chi connectivity index (χ2n) is 6.78. The van der Waals surface area contributed by atoms with E-state index in [4.69, 9.17) is 9.47 Å². The molecule has 0 saturated carbocycles. The fourth-order valence-corrected chi connectivity index (χ4v) is 2.57. The lowest BCUT2D eigenvalue weighted by atomic mass is 10.0. The molecule has 2 amide bonds. The van der Waals surface area contributed by atoms with Gasteiger partial charge < -0.3 is 20.1 Å². The Bertz CT molecular complexity index is 862. The number of nitrogens with one attached hydrogen (secondary N) is 2. The van der Waals surface area contributed by atoms with Crippen LogP contribution >= 0.6 is 0 Å². The van der Waals surface area contributed by atoms with E-state index >= 15 is 0 Å². The zero-order chi connectivity index (χ0) is 21.4. The number of anilines is 1. The molecule has 2 aromatic rings. The van der Waals surface area contributed by atoms with Crippen molar-refractivity contribution in [2.75, 3.05) is 19.0 Å². The first-order valence-corrected chi connectivity index (χ1v) is 9.33. The molecule has 154 valence electrons. The van der Waals surface area contributed by atoms with Crippen LogP contribution in [0.25, 0.3) is 0 Å². The number of methoxy groups -OCH3 is 1. The van der Waals surface area contributed by atoms with Gasteiger partial charge in [0.1, 0.15) is 12.3 Å². The molecule has 2 rings (SSSR count). The van der Waals surface area contributed by atoms with Gasteiger partial charge in [-0.25, -0.2) is 0 Å². The standard InChI is InChI=1S/C22H26N2O5/c1-14(2)16-9-11-17(12-10-16)24-21(26)15(3)29-20(25)13-23-22(27)18-7-5-6-8-19(18)28-4/h5-12,14-15H,13H2,1-4H3,(H,23,27)(H,24,26)/t15-/m1/s1. The number of benzene rings is 2. The van der Waals surface area contributed by atoms with Gasteiger partial charge >= 0.3 is 5.97 Å². The number of amides is 2. The maximum Gasteiger partial charge on any atom is 0.326 e. The molecule has 0 aliphatic rings. The van der Waals surface area contributed by atoms with Gasteiger partial charge in [0.15, 0.2) is 6.10 Å². The zero-order valence-electron chi connectivity index (χ0n) is 17.0. The molecule has 0 aliphatic heterocycles. The van der Waals surface area contributed by atoms with Crippen LogP contribution in [0.5, 0.6) is 5.75 Å². The molecule has 0 heterocycles. The molecule has 7 nitrogen and oxygen atoms in total. The van der Waals surface area contributed by atoms with Crippen molar-refractivity contribution in [3.05, 3.63) is 59.7 Å². The topological polar surface area (TPSA) is 93.7 Å². The third-order valence-electron chi connectivity index (χ3n) is 4.27. The first-order chi connectivity index (χ1) is 13.8. The van der Waals surface area contributed by atoms with E-state index in [2.05, 4.69) is 24.5 Å². The van der Waals surface area contributed by atoms with Crippen LogP contribution in [0, 0.1) is 0 Å². The van der Waals surface area contributed by atoms with E-state index in [1.807, 2.05) is 12.1 Å². The molecular formula is C22H26N2O5. The highest BCUT2D eigenvalue weighted by Gasteiger charge is 2.19. The third-order valence-corrected chi connectivity index (χ3v) is 4.27. The molecule has 0 radical (unpaired) electrons. The van der Waals surface area contributed by atoms with Crippen molar-refractivity contribution in [3.8, 4) is 5.75 Å². The van der Waals surface area contributed by atoms with Crippen molar-refractivity contribution in [3.63, 3.8) is 0 Å². The van der Waals surface area contributed by atoms with Crippen molar-refractivity contribution in [1.29, 1.82) is 0 Å².